The molecule has 2 aromatic carbocycles. The minimum absolute atomic E-state index is 0.112. The van der Waals surface area contributed by atoms with Crippen LogP contribution in [0.4, 0.5) is 5.69 Å². The van der Waals surface area contributed by atoms with Crippen LogP contribution >= 0.6 is 11.6 Å². The van der Waals surface area contributed by atoms with Gasteiger partial charge in [-0.3, -0.25) is 4.79 Å². The molecule has 0 saturated carbocycles. The molecule has 0 spiro atoms. The van der Waals surface area contributed by atoms with Crippen LogP contribution < -0.4 is 5.32 Å². The van der Waals surface area contributed by atoms with Crippen molar-refractivity contribution in [3.05, 3.63) is 64.2 Å². The highest BCUT2D eigenvalue weighted by Gasteiger charge is 2.32. The number of nitrogens with zero attached hydrogens (tertiary/aromatic N) is 1. The molecule has 1 atom stereocenters. The molecule has 0 aromatic heterocycles. The van der Waals surface area contributed by atoms with Crippen LogP contribution in [0.25, 0.3) is 0 Å². The summed E-state index contributed by atoms with van der Waals surface area (Å²) in [6.07, 6.45) is 1.35. The standard InChI is InChI=1S/C21H25ClN2O3S/c1-15-9-16(2)11-20(10-15)23-21(25)18-6-4-8-24(13-18)28(26,27)14-17-5-3-7-19(22)12-17/h3,5,7,9-12,18H,4,6,8,13-14H2,1-2H3,(H,23,25). The SMILES string of the molecule is Cc1cc(C)cc(NC(=O)C2CCCN(S(=O)(=O)Cc3cccc(Cl)c3)C2)c1. The average Bonchev–Trinajstić information content (AvgIpc) is 2.60. The lowest BCUT2D eigenvalue weighted by molar-refractivity contribution is -0.120. The first-order valence-corrected chi connectivity index (χ1v) is 11.3. The van der Waals surface area contributed by atoms with Crippen LogP contribution in [-0.4, -0.2) is 31.7 Å². The Hall–Kier alpha value is -1.89. The van der Waals surface area contributed by atoms with Crippen LogP contribution in [0.3, 0.4) is 0 Å². The Morgan fingerprint density at radius 3 is 2.57 bits per heavy atom. The average molecular weight is 421 g/mol. The van der Waals surface area contributed by atoms with Gasteiger partial charge >= 0.3 is 0 Å². The maximum atomic E-state index is 12.8. The smallest absolute Gasteiger partial charge is 0.228 e. The number of piperidine rings is 1. The van der Waals surface area contributed by atoms with Crippen molar-refractivity contribution >= 4 is 33.2 Å². The van der Waals surface area contributed by atoms with Gasteiger partial charge in [-0.1, -0.05) is 29.8 Å². The molecule has 5 nitrogen and oxygen atoms in total. The monoisotopic (exact) mass is 420 g/mol. The number of anilines is 1. The van der Waals surface area contributed by atoms with E-state index in [4.69, 9.17) is 11.6 Å². The number of rotatable bonds is 5. The molecule has 7 heteroatoms. The third-order valence-corrected chi connectivity index (χ3v) is 6.93. The zero-order valence-corrected chi connectivity index (χ0v) is 17.7. The second kappa shape index (κ2) is 8.64. The van der Waals surface area contributed by atoms with E-state index in [0.29, 0.717) is 30.0 Å². The van der Waals surface area contributed by atoms with Gasteiger partial charge in [0.15, 0.2) is 0 Å². The van der Waals surface area contributed by atoms with Crippen molar-refractivity contribution in [3.8, 4) is 0 Å². The predicted octanol–water partition coefficient (Wildman–Crippen LogP) is 4.14. The molecule has 1 aliphatic heterocycles. The van der Waals surface area contributed by atoms with E-state index in [2.05, 4.69) is 5.32 Å². The van der Waals surface area contributed by atoms with Crippen LogP contribution in [0.5, 0.6) is 0 Å². The Morgan fingerprint density at radius 1 is 1.18 bits per heavy atom. The zero-order chi connectivity index (χ0) is 20.3. The van der Waals surface area contributed by atoms with Crippen molar-refractivity contribution in [1.29, 1.82) is 0 Å². The largest absolute Gasteiger partial charge is 0.326 e. The fraction of sp³-hybridized carbons (Fsp3) is 0.381. The summed E-state index contributed by atoms with van der Waals surface area (Å²) in [6, 6.07) is 12.7. The Balaban J connectivity index is 1.68. The van der Waals surface area contributed by atoms with E-state index in [-0.39, 0.29) is 24.1 Å². The molecule has 3 rings (SSSR count). The molecule has 0 aliphatic carbocycles. The van der Waals surface area contributed by atoms with Crippen molar-refractivity contribution in [2.45, 2.75) is 32.4 Å². The van der Waals surface area contributed by atoms with Crippen LogP contribution in [-0.2, 0) is 20.6 Å². The van der Waals surface area contributed by atoms with Gasteiger partial charge in [0.2, 0.25) is 15.9 Å². The molecule has 1 fully saturated rings. The molecule has 1 N–H and O–H groups in total. The maximum Gasteiger partial charge on any atom is 0.228 e. The highest BCUT2D eigenvalue weighted by Crippen LogP contribution is 2.24. The van der Waals surface area contributed by atoms with Gasteiger partial charge in [-0.15, -0.1) is 0 Å². The Bertz CT molecular complexity index is 955. The maximum absolute atomic E-state index is 12.8. The number of aryl methyl sites for hydroxylation is 2. The van der Waals surface area contributed by atoms with Crippen molar-refractivity contribution in [3.63, 3.8) is 0 Å². The van der Waals surface area contributed by atoms with Crippen molar-refractivity contribution in [1.82, 2.24) is 4.31 Å². The molecular weight excluding hydrogens is 396 g/mol. The number of halogens is 1. The fourth-order valence-corrected chi connectivity index (χ4v) is 5.44. The molecule has 1 unspecified atom stereocenters. The van der Waals surface area contributed by atoms with Crippen LogP contribution in [0.15, 0.2) is 42.5 Å². The summed E-state index contributed by atoms with van der Waals surface area (Å²) in [5, 5.41) is 3.46. The first kappa shape index (κ1) is 20.8. The number of hydrogen-bond donors (Lipinski definition) is 1. The minimum atomic E-state index is -3.51. The summed E-state index contributed by atoms with van der Waals surface area (Å²) in [5.41, 5.74) is 3.55. The molecule has 1 heterocycles. The molecular formula is C21H25ClN2O3S. The second-order valence-electron chi connectivity index (χ2n) is 7.45. The molecule has 1 saturated heterocycles. The molecule has 0 radical (unpaired) electrons. The van der Waals surface area contributed by atoms with Crippen LogP contribution in [0, 0.1) is 19.8 Å². The molecule has 28 heavy (non-hydrogen) atoms. The third kappa shape index (κ3) is 5.34. The lowest BCUT2D eigenvalue weighted by Crippen LogP contribution is -2.44. The molecule has 150 valence electrons. The summed E-state index contributed by atoms with van der Waals surface area (Å²) in [5.74, 6) is -0.602. The number of amides is 1. The summed E-state index contributed by atoms with van der Waals surface area (Å²) < 4.78 is 27.1. The summed E-state index contributed by atoms with van der Waals surface area (Å²) in [4.78, 5) is 12.7. The van der Waals surface area contributed by atoms with Gasteiger partial charge in [0.05, 0.1) is 11.7 Å². The van der Waals surface area contributed by atoms with Gasteiger partial charge < -0.3 is 5.32 Å². The van der Waals surface area contributed by atoms with Crippen molar-refractivity contribution in [2.75, 3.05) is 18.4 Å². The van der Waals surface area contributed by atoms with E-state index in [1.807, 2.05) is 32.0 Å². The number of hydrogen-bond acceptors (Lipinski definition) is 3. The number of benzene rings is 2. The highest BCUT2D eigenvalue weighted by molar-refractivity contribution is 7.88. The summed E-state index contributed by atoms with van der Waals surface area (Å²) in [7, 11) is -3.51. The minimum Gasteiger partial charge on any atom is -0.326 e. The van der Waals surface area contributed by atoms with Crippen molar-refractivity contribution in [2.24, 2.45) is 5.92 Å². The van der Waals surface area contributed by atoms with Gasteiger partial charge in [0, 0.05) is 23.8 Å². The lowest BCUT2D eigenvalue weighted by atomic mass is 9.98. The normalized spacial score (nSPS) is 18.0. The van der Waals surface area contributed by atoms with Gasteiger partial charge in [0.25, 0.3) is 0 Å². The fourth-order valence-electron chi connectivity index (χ4n) is 3.63. The van der Waals surface area contributed by atoms with E-state index in [1.165, 1.54) is 4.31 Å². The Kier molecular flexibility index (Phi) is 6.43. The van der Waals surface area contributed by atoms with E-state index >= 15 is 0 Å². The van der Waals surface area contributed by atoms with E-state index in [9.17, 15) is 13.2 Å². The first-order valence-electron chi connectivity index (χ1n) is 9.34. The molecule has 0 bridgehead atoms. The van der Waals surface area contributed by atoms with Gasteiger partial charge in [-0.25, -0.2) is 12.7 Å². The van der Waals surface area contributed by atoms with Gasteiger partial charge in [-0.2, -0.15) is 0 Å². The Labute approximate surface area is 171 Å². The van der Waals surface area contributed by atoms with Crippen molar-refractivity contribution < 1.29 is 13.2 Å². The predicted molar refractivity (Wildman–Crippen MR) is 113 cm³/mol. The number of carbonyl (C=O) groups excluding carboxylic acids is 1. The van der Waals surface area contributed by atoms with E-state index in [1.54, 1.807) is 24.3 Å². The van der Waals surface area contributed by atoms with E-state index < -0.39 is 10.0 Å². The Morgan fingerprint density at radius 2 is 1.89 bits per heavy atom. The summed E-state index contributed by atoms with van der Waals surface area (Å²) >= 11 is 5.96. The molecule has 2 aromatic rings. The lowest BCUT2D eigenvalue weighted by Gasteiger charge is -2.31. The quantitative estimate of drug-likeness (QED) is 0.790. The number of sulfonamides is 1. The van der Waals surface area contributed by atoms with Crippen LogP contribution in [0.1, 0.15) is 29.5 Å². The molecule has 1 aliphatic rings. The molecule has 1 amide bonds. The van der Waals surface area contributed by atoms with E-state index in [0.717, 1.165) is 16.8 Å². The third-order valence-electron chi connectivity index (χ3n) is 4.88. The highest BCUT2D eigenvalue weighted by atomic mass is 35.5. The first-order chi connectivity index (χ1) is 13.2. The van der Waals surface area contributed by atoms with Gasteiger partial charge in [-0.05, 0) is 67.6 Å². The zero-order valence-electron chi connectivity index (χ0n) is 16.1. The number of carbonyl (C=O) groups is 1. The second-order valence-corrected chi connectivity index (χ2v) is 9.85. The number of nitrogens with one attached hydrogen (secondary N) is 1. The van der Waals surface area contributed by atoms with Gasteiger partial charge in [0.1, 0.15) is 0 Å². The van der Waals surface area contributed by atoms with Crippen LogP contribution in [0.2, 0.25) is 5.02 Å². The topological polar surface area (TPSA) is 66.5 Å². The summed E-state index contributed by atoms with van der Waals surface area (Å²) in [6.45, 7) is 4.61.